The zero-order chi connectivity index (χ0) is 25.7. The van der Waals surface area contributed by atoms with Gasteiger partial charge in [0.25, 0.3) is 11.8 Å². The minimum absolute atomic E-state index is 0.182. The highest BCUT2D eigenvalue weighted by Gasteiger charge is 2.42. The molecule has 2 aromatic carbocycles. The predicted octanol–water partition coefficient (Wildman–Crippen LogP) is 3.30. The molecule has 3 aromatic rings. The van der Waals surface area contributed by atoms with Gasteiger partial charge in [0.2, 0.25) is 5.91 Å². The van der Waals surface area contributed by atoms with Crippen LogP contribution in [-0.4, -0.2) is 47.4 Å². The number of carbonyl (C=O) groups is 3. The predicted molar refractivity (Wildman–Crippen MR) is 135 cm³/mol. The lowest BCUT2D eigenvalue weighted by atomic mass is 9.84. The Bertz CT molecular complexity index is 1450. The van der Waals surface area contributed by atoms with Crippen molar-refractivity contribution in [3.05, 3.63) is 65.0 Å². The molecule has 2 aliphatic rings. The van der Waals surface area contributed by atoms with Gasteiger partial charge < -0.3 is 25.1 Å². The largest absolute Gasteiger partial charge is 0.493 e. The van der Waals surface area contributed by atoms with Gasteiger partial charge in [0.15, 0.2) is 18.1 Å². The van der Waals surface area contributed by atoms with Crippen LogP contribution in [0.2, 0.25) is 0 Å². The van der Waals surface area contributed by atoms with E-state index in [9.17, 15) is 14.4 Å². The first-order chi connectivity index (χ1) is 17.2. The van der Waals surface area contributed by atoms with Crippen molar-refractivity contribution in [3.63, 3.8) is 0 Å². The second-order valence-electron chi connectivity index (χ2n) is 9.31. The van der Waals surface area contributed by atoms with E-state index in [0.717, 1.165) is 27.7 Å². The molecular weight excluding hydrogens is 460 g/mol. The monoisotopic (exact) mass is 488 g/mol. The summed E-state index contributed by atoms with van der Waals surface area (Å²) in [6.45, 7) is 5.52. The first-order valence-electron chi connectivity index (χ1n) is 11.8. The Labute approximate surface area is 208 Å². The molecule has 9 heteroatoms. The zero-order valence-electron chi connectivity index (χ0n) is 20.6. The summed E-state index contributed by atoms with van der Waals surface area (Å²) in [6, 6.07) is 11.6. The second kappa shape index (κ2) is 8.75. The highest BCUT2D eigenvalue weighted by atomic mass is 16.5. The fourth-order valence-corrected chi connectivity index (χ4v) is 5.14. The number of imide groups is 1. The SMILES string of the molecule is COc1cc([C@@H]2C3=C(CN(C(C)=O)C3=O)Nc3cccc4c3c2cn4C(C)C)ccc1OCC(N)=O. The van der Waals surface area contributed by atoms with Crippen LogP contribution >= 0.6 is 0 Å². The summed E-state index contributed by atoms with van der Waals surface area (Å²) in [6.07, 6.45) is 2.09. The van der Waals surface area contributed by atoms with E-state index in [2.05, 4.69) is 36.0 Å². The van der Waals surface area contributed by atoms with E-state index in [0.29, 0.717) is 22.8 Å². The van der Waals surface area contributed by atoms with Crippen molar-refractivity contribution in [1.29, 1.82) is 0 Å². The number of benzene rings is 2. The van der Waals surface area contributed by atoms with Crippen LogP contribution in [-0.2, 0) is 14.4 Å². The number of nitrogens with two attached hydrogens (primary N) is 1. The fourth-order valence-electron chi connectivity index (χ4n) is 5.14. The van der Waals surface area contributed by atoms with Gasteiger partial charge >= 0.3 is 0 Å². The average Bonchev–Trinajstić information content (AvgIpc) is 3.33. The first-order valence-corrected chi connectivity index (χ1v) is 11.8. The minimum atomic E-state index is -0.597. The van der Waals surface area contributed by atoms with Gasteiger partial charge in [0.1, 0.15) is 0 Å². The zero-order valence-corrected chi connectivity index (χ0v) is 20.6. The Kier molecular flexibility index (Phi) is 5.70. The third-order valence-corrected chi connectivity index (χ3v) is 6.72. The van der Waals surface area contributed by atoms with Crippen molar-refractivity contribution in [2.24, 2.45) is 5.73 Å². The van der Waals surface area contributed by atoms with Crippen molar-refractivity contribution in [3.8, 4) is 11.5 Å². The third kappa shape index (κ3) is 3.67. The lowest BCUT2D eigenvalue weighted by molar-refractivity contribution is -0.139. The lowest BCUT2D eigenvalue weighted by Gasteiger charge is -2.21. The summed E-state index contributed by atoms with van der Waals surface area (Å²) < 4.78 is 13.3. The second-order valence-corrected chi connectivity index (χ2v) is 9.31. The molecule has 0 aliphatic carbocycles. The highest BCUT2D eigenvalue weighted by Crippen LogP contribution is 2.48. The number of hydrogen-bond donors (Lipinski definition) is 2. The number of anilines is 1. The van der Waals surface area contributed by atoms with Gasteiger partial charge in [0, 0.05) is 41.9 Å². The minimum Gasteiger partial charge on any atom is -0.493 e. The van der Waals surface area contributed by atoms with E-state index in [1.54, 1.807) is 6.07 Å². The van der Waals surface area contributed by atoms with Crippen molar-refractivity contribution in [1.82, 2.24) is 9.47 Å². The molecule has 9 nitrogen and oxygen atoms in total. The number of aromatic nitrogens is 1. The summed E-state index contributed by atoms with van der Waals surface area (Å²) in [5.74, 6) is -0.902. The maximum Gasteiger partial charge on any atom is 0.259 e. The van der Waals surface area contributed by atoms with Gasteiger partial charge in [0.05, 0.1) is 24.7 Å². The van der Waals surface area contributed by atoms with E-state index in [1.807, 2.05) is 24.3 Å². The molecule has 0 bridgehead atoms. The van der Waals surface area contributed by atoms with Gasteiger partial charge in [-0.25, -0.2) is 0 Å². The van der Waals surface area contributed by atoms with Crippen molar-refractivity contribution in [2.45, 2.75) is 32.7 Å². The van der Waals surface area contributed by atoms with Gasteiger partial charge in [-0.3, -0.25) is 19.3 Å². The van der Waals surface area contributed by atoms with E-state index in [-0.39, 0.29) is 31.0 Å². The summed E-state index contributed by atoms with van der Waals surface area (Å²) in [7, 11) is 1.51. The number of amides is 3. The molecule has 3 heterocycles. The number of nitrogens with zero attached hydrogens (tertiary/aromatic N) is 2. The Morgan fingerprint density at radius 1 is 1.19 bits per heavy atom. The smallest absolute Gasteiger partial charge is 0.259 e. The van der Waals surface area contributed by atoms with Crippen LogP contribution in [0.4, 0.5) is 5.69 Å². The molecule has 1 aromatic heterocycles. The molecule has 0 fully saturated rings. The summed E-state index contributed by atoms with van der Waals surface area (Å²) in [4.78, 5) is 38.4. The van der Waals surface area contributed by atoms with Crippen molar-refractivity contribution < 1.29 is 23.9 Å². The van der Waals surface area contributed by atoms with Gasteiger partial charge in [-0.1, -0.05) is 12.1 Å². The van der Waals surface area contributed by atoms with Crippen LogP contribution in [0.25, 0.3) is 10.9 Å². The molecule has 0 saturated carbocycles. The van der Waals surface area contributed by atoms with Crippen LogP contribution in [0.1, 0.15) is 43.9 Å². The van der Waals surface area contributed by atoms with Crippen molar-refractivity contribution in [2.75, 3.05) is 25.6 Å². The number of primary amides is 1. The molecule has 5 rings (SSSR count). The molecule has 36 heavy (non-hydrogen) atoms. The fraction of sp³-hybridized carbons (Fsp3) is 0.296. The molecular formula is C27H28N4O5. The Morgan fingerprint density at radius 3 is 2.64 bits per heavy atom. The van der Waals surface area contributed by atoms with E-state index in [1.165, 1.54) is 18.9 Å². The van der Waals surface area contributed by atoms with Gasteiger partial charge in [-0.2, -0.15) is 0 Å². The Morgan fingerprint density at radius 2 is 1.97 bits per heavy atom. The summed E-state index contributed by atoms with van der Waals surface area (Å²) >= 11 is 0. The number of nitrogens with one attached hydrogen (secondary N) is 1. The Hall–Kier alpha value is -4.27. The highest BCUT2D eigenvalue weighted by molar-refractivity contribution is 6.11. The molecule has 0 saturated heterocycles. The summed E-state index contributed by atoms with van der Waals surface area (Å²) in [5, 5.41) is 4.50. The molecule has 0 unspecified atom stereocenters. The molecule has 3 amide bonds. The van der Waals surface area contributed by atoms with Crippen molar-refractivity contribution >= 4 is 34.3 Å². The third-order valence-electron chi connectivity index (χ3n) is 6.72. The maximum atomic E-state index is 13.6. The van der Waals surface area contributed by atoms with E-state index < -0.39 is 11.8 Å². The standard InChI is InChI=1S/C27H28N4O5/c1-14(2)30-11-17-24(16-8-9-21(22(10-16)35-4)36-13-23(28)33)26-19(12-31(15(3)32)27(26)34)29-18-6-5-7-20(30)25(17)18/h5-11,14,24,29H,12-13H2,1-4H3,(H2,28,33)/t24-/m0/s1. The first kappa shape index (κ1) is 23.5. The normalized spacial score (nSPS) is 16.8. The molecule has 1 atom stereocenters. The maximum absolute atomic E-state index is 13.6. The molecule has 186 valence electrons. The van der Waals surface area contributed by atoms with Gasteiger partial charge in [-0.05, 0) is 49.2 Å². The van der Waals surface area contributed by atoms with Crippen LogP contribution in [0, 0.1) is 0 Å². The van der Waals surface area contributed by atoms with E-state index >= 15 is 0 Å². The number of methoxy groups -OCH3 is 1. The number of ether oxygens (including phenoxy) is 2. The lowest BCUT2D eigenvalue weighted by Crippen LogP contribution is -2.33. The topological polar surface area (TPSA) is 116 Å². The molecule has 2 aliphatic heterocycles. The van der Waals surface area contributed by atoms with Crippen LogP contribution in [0.3, 0.4) is 0 Å². The number of rotatable bonds is 6. The van der Waals surface area contributed by atoms with Gasteiger partial charge in [-0.15, -0.1) is 0 Å². The molecule has 3 N–H and O–H groups in total. The quantitative estimate of drug-likeness (QED) is 0.550. The average molecular weight is 489 g/mol. The summed E-state index contributed by atoms with van der Waals surface area (Å²) in [5.41, 5.74) is 10.2. The van der Waals surface area contributed by atoms with Crippen LogP contribution in [0.5, 0.6) is 11.5 Å². The number of hydrogen-bond acceptors (Lipinski definition) is 6. The molecule has 0 spiro atoms. The Balaban J connectivity index is 1.74. The number of carbonyl (C=O) groups excluding carboxylic acids is 3. The molecule has 0 radical (unpaired) electrons. The van der Waals surface area contributed by atoms with Crippen LogP contribution in [0.15, 0.2) is 53.9 Å². The van der Waals surface area contributed by atoms with E-state index in [4.69, 9.17) is 15.2 Å². The van der Waals surface area contributed by atoms with Crippen LogP contribution < -0.4 is 20.5 Å².